The third kappa shape index (κ3) is 2.19. The summed E-state index contributed by atoms with van der Waals surface area (Å²) in [5, 5.41) is 0.513. The van der Waals surface area contributed by atoms with Crippen LogP contribution in [0.15, 0.2) is 16.9 Å². The fourth-order valence-electron chi connectivity index (χ4n) is 1.71. The lowest BCUT2D eigenvalue weighted by atomic mass is 10.1. The van der Waals surface area contributed by atoms with Crippen LogP contribution in [-0.2, 0) is 4.79 Å². The van der Waals surface area contributed by atoms with E-state index in [1.165, 1.54) is 0 Å². The molecular formula is C10H9BrCl2N2O. The van der Waals surface area contributed by atoms with E-state index in [0.29, 0.717) is 34.0 Å². The van der Waals surface area contributed by atoms with Crippen LogP contribution in [0.2, 0.25) is 5.02 Å². The van der Waals surface area contributed by atoms with Crippen LogP contribution in [0.25, 0.3) is 0 Å². The van der Waals surface area contributed by atoms with E-state index in [4.69, 9.17) is 23.2 Å². The predicted molar refractivity (Wildman–Crippen MR) is 68.1 cm³/mol. The van der Waals surface area contributed by atoms with E-state index in [9.17, 15) is 4.79 Å². The van der Waals surface area contributed by atoms with Gasteiger partial charge in [0.05, 0.1) is 21.4 Å². The summed E-state index contributed by atoms with van der Waals surface area (Å²) >= 11 is 15.2. The van der Waals surface area contributed by atoms with Gasteiger partial charge in [-0.2, -0.15) is 0 Å². The Labute approximate surface area is 112 Å². The van der Waals surface area contributed by atoms with E-state index < -0.39 is 0 Å². The van der Waals surface area contributed by atoms with E-state index in [1.54, 1.807) is 17.3 Å². The number of halogens is 3. The molecule has 86 valence electrons. The van der Waals surface area contributed by atoms with Gasteiger partial charge in [-0.3, -0.25) is 9.78 Å². The van der Waals surface area contributed by atoms with Crippen molar-refractivity contribution >= 4 is 50.7 Å². The van der Waals surface area contributed by atoms with Crippen molar-refractivity contribution in [2.24, 2.45) is 5.92 Å². The third-order valence-electron chi connectivity index (χ3n) is 2.53. The van der Waals surface area contributed by atoms with Crippen molar-refractivity contribution in [3.63, 3.8) is 0 Å². The molecule has 0 radical (unpaired) electrons. The minimum atomic E-state index is 0.0486. The van der Waals surface area contributed by atoms with Gasteiger partial charge >= 0.3 is 0 Å². The summed E-state index contributed by atoms with van der Waals surface area (Å²) in [6, 6.07) is 0. The molecule has 0 saturated carbocycles. The van der Waals surface area contributed by atoms with E-state index in [2.05, 4.69) is 20.9 Å². The van der Waals surface area contributed by atoms with Crippen LogP contribution in [0.5, 0.6) is 0 Å². The van der Waals surface area contributed by atoms with Crippen molar-refractivity contribution in [3.05, 3.63) is 21.9 Å². The van der Waals surface area contributed by atoms with Crippen LogP contribution >= 0.6 is 39.1 Å². The van der Waals surface area contributed by atoms with Crippen LogP contribution < -0.4 is 4.90 Å². The summed E-state index contributed by atoms with van der Waals surface area (Å²) in [6.07, 6.45) is 3.68. The molecule has 6 heteroatoms. The number of carbonyl (C=O) groups excluding carboxylic acids is 1. The minimum Gasteiger partial charge on any atom is -0.309 e. The van der Waals surface area contributed by atoms with E-state index in [0.717, 1.165) is 0 Å². The Kier molecular flexibility index (Phi) is 3.72. The standard InChI is InChI=1S/C10H9BrCl2N2O/c11-7-3-14-4-8(10(7)13)15-5-6(2-12)1-9(15)16/h3-4,6H,1-2,5H2. The molecule has 1 unspecified atom stereocenters. The van der Waals surface area contributed by atoms with Crippen molar-refractivity contribution in [1.82, 2.24) is 4.98 Å². The van der Waals surface area contributed by atoms with Gasteiger partial charge in [-0.25, -0.2) is 0 Å². The highest BCUT2D eigenvalue weighted by Crippen LogP contribution is 2.35. The van der Waals surface area contributed by atoms with Crippen LogP contribution in [0.4, 0.5) is 5.69 Å². The molecule has 1 aliphatic heterocycles. The normalized spacial score (nSPS) is 20.6. The number of nitrogens with zero attached hydrogens (tertiary/aromatic N) is 2. The smallest absolute Gasteiger partial charge is 0.227 e. The SMILES string of the molecule is O=C1CC(CCl)CN1c1cncc(Br)c1Cl. The minimum absolute atomic E-state index is 0.0486. The number of alkyl halides is 1. The maximum Gasteiger partial charge on any atom is 0.227 e. The zero-order valence-corrected chi connectivity index (χ0v) is 11.4. The van der Waals surface area contributed by atoms with Gasteiger partial charge in [0.15, 0.2) is 0 Å². The summed E-state index contributed by atoms with van der Waals surface area (Å²) in [6.45, 7) is 0.611. The summed E-state index contributed by atoms with van der Waals surface area (Å²) in [7, 11) is 0. The van der Waals surface area contributed by atoms with Crippen molar-refractivity contribution in [2.45, 2.75) is 6.42 Å². The van der Waals surface area contributed by atoms with E-state index >= 15 is 0 Å². The van der Waals surface area contributed by atoms with Crippen molar-refractivity contribution in [3.8, 4) is 0 Å². The second-order valence-electron chi connectivity index (χ2n) is 3.68. The maximum absolute atomic E-state index is 11.8. The van der Waals surface area contributed by atoms with Gasteiger partial charge in [-0.05, 0) is 21.8 Å². The van der Waals surface area contributed by atoms with Crippen LogP contribution in [0.1, 0.15) is 6.42 Å². The molecular weight excluding hydrogens is 315 g/mol. The van der Waals surface area contributed by atoms with Gasteiger partial charge in [-0.1, -0.05) is 11.6 Å². The average molecular weight is 324 g/mol. The fraction of sp³-hybridized carbons (Fsp3) is 0.400. The highest BCUT2D eigenvalue weighted by atomic mass is 79.9. The molecule has 1 aliphatic rings. The second kappa shape index (κ2) is 4.90. The summed E-state index contributed by atoms with van der Waals surface area (Å²) in [5.74, 6) is 0.734. The molecule has 1 saturated heterocycles. The number of rotatable bonds is 2. The molecule has 1 aromatic heterocycles. The number of pyridine rings is 1. The summed E-state index contributed by atoms with van der Waals surface area (Å²) in [4.78, 5) is 17.4. The van der Waals surface area contributed by atoms with E-state index in [-0.39, 0.29) is 11.8 Å². The Morgan fingerprint density at radius 3 is 2.94 bits per heavy atom. The number of carbonyl (C=O) groups is 1. The van der Waals surface area contributed by atoms with Crippen molar-refractivity contribution < 1.29 is 4.79 Å². The highest BCUT2D eigenvalue weighted by molar-refractivity contribution is 9.10. The van der Waals surface area contributed by atoms with Gasteiger partial charge in [0.2, 0.25) is 5.91 Å². The fourth-order valence-corrected chi connectivity index (χ4v) is 2.44. The molecule has 2 heterocycles. The molecule has 0 aliphatic carbocycles. The Bertz CT molecular complexity index is 427. The number of aromatic nitrogens is 1. The molecule has 1 amide bonds. The third-order valence-corrected chi connectivity index (χ3v) is 4.20. The second-order valence-corrected chi connectivity index (χ2v) is 5.22. The van der Waals surface area contributed by atoms with Gasteiger partial charge < -0.3 is 4.90 Å². The Hall–Kier alpha value is -0.320. The Morgan fingerprint density at radius 2 is 2.31 bits per heavy atom. The van der Waals surface area contributed by atoms with Crippen LogP contribution in [0, 0.1) is 5.92 Å². The zero-order valence-electron chi connectivity index (χ0n) is 8.29. The number of hydrogen-bond acceptors (Lipinski definition) is 2. The first kappa shape index (κ1) is 12.1. The molecule has 0 spiro atoms. The largest absolute Gasteiger partial charge is 0.309 e. The molecule has 1 atom stereocenters. The lowest BCUT2D eigenvalue weighted by Gasteiger charge is -2.17. The van der Waals surface area contributed by atoms with Crippen molar-refractivity contribution in [2.75, 3.05) is 17.3 Å². The number of anilines is 1. The molecule has 1 fully saturated rings. The number of amides is 1. The first-order valence-corrected chi connectivity index (χ1v) is 6.49. The molecule has 0 aromatic carbocycles. The Morgan fingerprint density at radius 1 is 1.56 bits per heavy atom. The maximum atomic E-state index is 11.8. The summed E-state index contributed by atoms with van der Waals surface area (Å²) < 4.78 is 0.689. The summed E-state index contributed by atoms with van der Waals surface area (Å²) in [5.41, 5.74) is 0.647. The average Bonchev–Trinajstić information content (AvgIpc) is 2.64. The lowest BCUT2D eigenvalue weighted by Crippen LogP contribution is -2.25. The number of hydrogen-bond donors (Lipinski definition) is 0. The van der Waals surface area contributed by atoms with Crippen molar-refractivity contribution in [1.29, 1.82) is 0 Å². The highest BCUT2D eigenvalue weighted by Gasteiger charge is 2.31. The molecule has 1 aromatic rings. The van der Waals surface area contributed by atoms with Gasteiger partial charge in [0, 0.05) is 25.0 Å². The monoisotopic (exact) mass is 322 g/mol. The van der Waals surface area contributed by atoms with E-state index in [1.807, 2.05) is 0 Å². The van der Waals surface area contributed by atoms with Crippen LogP contribution in [0.3, 0.4) is 0 Å². The van der Waals surface area contributed by atoms with Gasteiger partial charge in [0.1, 0.15) is 0 Å². The van der Waals surface area contributed by atoms with Gasteiger partial charge in [-0.15, -0.1) is 11.6 Å². The molecule has 2 rings (SSSR count). The Balaban J connectivity index is 2.31. The molecule has 16 heavy (non-hydrogen) atoms. The first-order valence-electron chi connectivity index (χ1n) is 4.78. The molecule has 3 nitrogen and oxygen atoms in total. The topological polar surface area (TPSA) is 33.2 Å². The predicted octanol–water partition coefficient (Wildman–Crippen LogP) is 3.09. The molecule has 0 bridgehead atoms. The van der Waals surface area contributed by atoms with Gasteiger partial charge in [0.25, 0.3) is 0 Å². The quantitative estimate of drug-likeness (QED) is 0.784. The first-order chi connectivity index (χ1) is 7.63. The van der Waals surface area contributed by atoms with Crippen LogP contribution in [-0.4, -0.2) is 23.3 Å². The lowest BCUT2D eigenvalue weighted by molar-refractivity contribution is -0.117. The molecule has 0 N–H and O–H groups in total. The zero-order chi connectivity index (χ0) is 11.7.